The molecule has 4 heteroatoms. The van der Waals surface area contributed by atoms with Crippen LogP contribution in [0, 0.1) is 5.82 Å². The maximum atomic E-state index is 12.8. The van der Waals surface area contributed by atoms with Crippen molar-refractivity contribution < 1.29 is 4.39 Å². The third-order valence-corrected chi connectivity index (χ3v) is 2.30. The number of nitrogens with two attached hydrogens (primary N) is 1. The Morgan fingerprint density at radius 3 is 2.86 bits per heavy atom. The monoisotopic (exact) mass is 216 g/mol. The second kappa shape index (κ2) is 5.17. The van der Waals surface area contributed by atoms with E-state index >= 15 is 0 Å². The van der Waals surface area contributed by atoms with E-state index in [2.05, 4.69) is 5.32 Å². The minimum atomic E-state index is -0.406. The molecule has 0 saturated heterocycles. The molecular formula is C10H14ClFN2. The normalized spacial score (nSPS) is 12.6. The van der Waals surface area contributed by atoms with Gasteiger partial charge in [0.05, 0.1) is 5.02 Å². The molecule has 0 fully saturated rings. The minimum absolute atomic E-state index is 0.110. The number of nitrogens with one attached hydrogen (secondary N) is 1. The zero-order valence-corrected chi connectivity index (χ0v) is 8.81. The Balaban J connectivity index is 2.55. The SMILES string of the molecule is CCC(N)CNc1ccc(F)c(Cl)c1. The average molecular weight is 217 g/mol. The first-order valence-corrected chi connectivity index (χ1v) is 4.95. The predicted octanol–water partition coefficient (Wildman–Crippen LogP) is 2.63. The van der Waals surface area contributed by atoms with Crippen LogP contribution in [0.3, 0.4) is 0 Å². The number of anilines is 1. The van der Waals surface area contributed by atoms with Crippen molar-refractivity contribution in [1.82, 2.24) is 0 Å². The van der Waals surface area contributed by atoms with Gasteiger partial charge < -0.3 is 11.1 Å². The number of hydrogen-bond donors (Lipinski definition) is 2. The van der Waals surface area contributed by atoms with Gasteiger partial charge >= 0.3 is 0 Å². The summed E-state index contributed by atoms with van der Waals surface area (Å²) in [4.78, 5) is 0. The summed E-state index contributed by atoms with van der Waals surface area (Å²) in [6.07, 6.45) is 0.905. The van der Waals surface area contributed by atoms with E-state index in [0.717, 1.165) is 12.1 Å². The first-order valence-electron chi connectivity index (χ1n) is 4.58. The van der Waals surface area contributed by atoms with Gasteiger partial charge in [-0.1, -0.05) is 18.5 Å². The van der Waals surface area contributed by atoms with E-state index in [9.17, 15) is 4.39 Å². The van der Waals surface area contributed by atoms with Crippen LogP contribution in [-0.2, 0) is 0 Å². The van der Waals surface area contributed by atoms with Crippen molar-refractivity contribution in [3.05, 3.63) is 29.0 Å². The molecule has 0 amide bonds. The summed E-state index contributed by atoms with van der Waals surface area (Å²) in [5, 5.41) is 3.21. The number of rotatable bonds is 4. The largest absolute Gasteiger partial charge is 0.383 e. The highest BCUT2D eigenvalue weighted by Gasteiger charge is 2.02. The predicted molar refractivity (Wildman–Crippen MR) is 58.2 cm³/mol. The molecule has 0 aliphatic carbocycles. The fourth-order valence-electron chi connectivity index (χ4n) is 0.999. The summed E-state index contributed by atoms with van der Waals surface area (Å²) in [7, 11) is 0. The van der Waals surface area contributed by atoms with Crippen LogP contribution in [0.1, 0.15) is 13.3 Å². The van der Waals surface area contributed by atoms with E-state index in [0.29, 0.717) is 6.54 Å². The highest BCUT2D eigenvalue weighted by molar-refractivity contribution is 6.31. The molecule has 1 aromatic rings. The highest BCUT2D eigenvalue weighted by atomic mass is 35.5. The smallest absolute Gasteiger partial charge is 0.141 e. The lowest BCUT2D eigenvalue weighted by Gasteiger charge is -2.11. The highest BCUT2D eigenvalue weighted by Crippen LogP contribution is 2.19. The van der Waals surface area contributed by atoms with Crippen LogP contribution >= 0.6 is 11.6 Å². The molecule has 1 unspecified atom stereocenters. The van der Waals surface area contributed by atoms with Crippen molar-refractivity contribution in [1.29, 1.82) is 0 Å². The van der Waals surface area contributed by atoms with E-state index in [4.69, 9.17) is 17.3 Å². The summed E-state index contributed by atoms with van der Waals surface area (Å²) in [6.45, 7) is 2.68. The van der Waals surface area contributed by atoms with E-state index in [1.54, 1.807) is 12.1 Å². The quantitative estimate of drug-likeness (QED) is 0.812. The topological polar surface area (TPSA) is 38.0 Å². The van der Waals surface area contributed by atoms with Crippen LogP contribution in [0.25, 0.3) is 0 Å². The zero-order chi connectivity index (χ0) is 10.6. The van der Waals surface area contributed by atoms with E-state index in [1.807, 2.05) is 6.92 Å². The molecule has 1 atom stereocenters. The van der Waals surface area contributed by atoms with Crippen LogP contribution in [-0.4, -0.2) is 12.6 Å². The van der Waals surface area contributed by atoms with Gasteiger partial charge in [-0.2, -0.15) is 0 Å². The molecule has 3 N–H and O–H groups in total. The van der Waals surface area contributed by atoms with Crippen molar-refractivity contribution in [2.45, 2.75) is 19.4 Å². The van der Waals surface area contributed by atoms with Gasteiger partial charge in [-0.3, -0.25) is 0 Å². The Morgan fingerprint density at radius 2 is 2.29 bits per heavy atom. The number of halogens is 2. The lowest BCUT2D eigenvalue weighted by atomic mass is 10.2. The molecule has 1 rings (SSSR count). The average Bonchev–Trinajstić information content (AvgIpc) is 2.19. The molecule has 1 aromatic carbocycles. The van der Waals surface area contributed by atoms with Gasteiger partial charge in [0.2, 0.25) is 0 Å². The van der Waals surface area contributed by atoms with Crippen molar-refractivity contribution >= 4 is 17.3 Å². The maximum Gasteiger partial charge on any atom is 0.141 e. The number of benzene rings is 1. The van der Waals surface area contributed by atoms with Crippen LogP contribution in [0.5, 0.6) is 0 Å². The van der Waals surface area contributed by atoms with Crippen LogP contribution in [0.2, 0.25) is 5.02 Å². The van der Waals surface area contributed by atoms with Crippen LogP contribution in [0.15, 0.2) is 18.2 Å². The van der Waals surface area contributed by atoms with E-state index in [1.165, 1.54) is 6.07 Å². The fourth-order valence-corrected chi connectivity index (χ4v) is 1.18. The Labute approximate surface area is 88.2 Å². The van der Waals surface area contributed by atoms with Crippen molar-refractivity contribution in [3.8, 4) is 0 Å². The molecule has 0 radical (unpaired) electrons. The molecule has 0 spiro atoms. The summed E-state index contributed by atoms with van der Waals surface area (Å²) in [6, 6.07) is 4.64. The van der Waals surface area contributed by atoms with Crippen molar-refractivity contribution in [2.75, 3.05) is 11.9 Å². The van der Waals surface area contributed by atoms with Gasteiger partial charge in [-0.15, -0.1) is 0 Å². The van der Waals surface area contributed by atoms with Crippen molar-refractivity contribution in [3.63, 3.8) is 0 Å². The van der Waals surface area contributed by atoms with E-state index < -0.39 is 5.82 Å². The second-order valence-corrected chi connectivity index (χ2v) is 3.59. The lowest BCUT2D eigenvalue weighted by Crippen LogP contribution is -2.27. The summed E-state index contributed by atoms with van der Waals surface area (Å²) in [5.41, 5.74) is 6.51. The van der Waals surface area contributed by atoms with Crippen LogP contribution in [0.4, 0.5) is 10.1 Å². The Hall–Kier alpha value is -0.800. The molecule has 2 nitrogen and oxygen atoms in total. The van der Waals surface area contributed by atoms with Gasteiger partial charge in [-0.05, 0) is 24.6 Å². The third kappa shape index (κ3) is 3.16. The van der Waals surface area contributed by atoms with Gasteiger partial charge in [-0.25, -0.2) is 4.39 Å². The van der Waals surface area contributed by atoms with Gasteiger partial charge in [0.15, 0.2) is 0 Å². The fraction of sp³-hybridized carbons (Fsp3) is 0.400. The zero-order valence-electron chi connectivity index (χ0n) is 8.06. The maximum absolute atomic E-state index is 12.8. The molecule has 0 bridgehead atoms. The van der Waals surface area contributed by atoms with Crippen LogP contribution < -0.4 is 11.1 Å². The molecular weight excluding hydrogens is 203 g/mol. The Morgan fingerprint density at radius 1 is 1.57 bits per heavy atom. The van der Waals surface area contributed by atoms with Crippen molar-refractivity contribution in [2.24, 2.45) is 5.73 Å². The standard InChI is InChI=1S/C10H14ClFN2/c1-2-7(13)6-14-8-3-4-10(12)9(11)5-8/h3-5,7,14H,2,6,13H2,1H3. The van der Waals surface area contributed by atoms with Gasteiger partial charge in [0, 0.05) is 18.3 Å². The Bertz CT molecular complexity index is 304. The minimum Gasteiger partial charge on any atom is -0.383 e. The molecule has 0 aliphatic rings. The number of hydrogen-bond acceptors (Lipinski definition) is 2. The molecule has 0 aliphatic heterocycles. The molecule has 78 valence electrons. The molecule has 14 heavy (non-hydrogen) atoms. The third-order valence-electron chi connectivity index (χ3n) is 2.01. The summed E-state index contributed by atoms with van der Waals surface area (Å²) >= 11 is 5.62. The summed E-state index contributed by atoms with van der Waals surface area (Å²) < 4.78 is 12.8. The first kappa shape index (κ1) is 11.3. The van der Waals surface area contributed by atoms with E-state index in [-0.39, 0.29) is 11.1 Å². The molecule has 0 heterocycles. The van der Waals surface area contributed by atoms with Gasteiger partial charge in [0.25, 0.3) is 0 Å². The van der Waals surface area contributed by atoms with Gasteiger partial charge in [0.1, 0.15) is 5.82 Å². The lowest BCUT2D eigenvalue weighted by molar-refractivity contribution is 0.628. The molecule has 0 saturated carbocycles. The summed E-state index contributed by atoms with van der Waals surface area (Å²) in [5.74, 6) is -0.406. The Kier molecular flexibility index (Phi) is 4.17. The second-order valence-electron chi connectivity index (χ2n) is 3.18. The first-order chi connectivity index (χ1) is 6.63. The molecule has 0 aromatic heterocycles.